The lowest BCUT2D eigenvalue weighted by molar-refractivity contribution is 0.498. The van der Waals surface area contributed by atoms with Gasteiger partial charge in [-0.15, -0.1) is 0 Å². The third-order valence-corrected chi connectivity index (χ3v) is 3.71. The van der Waals surface area contributed by atoms with Gasteiger partial charge < -0.3 is 0 Å². The summed E-state index contributed by atoms with van der Waals surface area (Å²) in [5.74, 6) is 4.62. The predicted molar refractivity (Wildman–Crippen MR) is 79.3 cm³/mol. The van der Waals surface area contributed by atoms with Gasteiger partial charge in [0.2, 0.25) is 0 Å². The van der Waals surface area contributed by atoms with Crippen molar-refractivity contribution in [3.05, 3.63) is 68.7 Å². The van der Waals surface area contributed by atoms with Crippen LogP contribution in [-0.4, -0.2) is 0 Å². The number of rotatable bonds is 4. The number of benzene rings is 2. The van der Waals surface area contributed by atoms with Crippen LogP contribution in [0.5, 0.6) is 0 Å². The standard InChI is InChI=1S/C14H12BrClF2N2/c15-9-2-4-11(13(18)6-9)14(20-19)5-8-1-3-10(16)7-12(8)17/h1-4,6-7,14,20H,5,19H2. The van der Waals surface area contributed by atoms with Gasteiger partial charge in [-0.1, -0.05) is 39.7 Å². The highest BCUT2D eigenvalue weighted by Crippen LogP contribution is 2.25. The van der Waals surface area contributed by atoms with Gasteiger partial charge in [0.15, 0.2) is 0 Å². The molecule has 0 saturated heterocycles. The summed E-state index contributed by atoms with van der Waals surface area (Å²) in [6.45, 7) is 0. The first-order valence-electron chi connectivity index (χ1n) is 5.86. The molecule has 2 nitrogen and oxygen atoms in total. The van der Waals surface area contributed by atoms with E-state index in [0.29, 0.717) is 20.6 Å². The molecule has 0 aliphatic rings. The highest BCUT2D eigenvalue weighted by molar-refractivity contribution is 9.10. The summed E-state index contributed by atoms with van der Waals surface area (Å²) in [4.78, 5) is 0. The summed E-state index contributed by atoms with van der Waals surface area (Å²) in [5, 5.41) is 0.318. The average molecular weight is 362 g/mol. The van der Waals surface area contributed by atoms with Crippen LogP contribution in [0.3, 0.4) is 0 Å². The van der Waals surface area contributed by atoms with E-state index in [-0.39, 0.29) is 6.42 Å². The fraction of sp³-hybridized carbons (Fsp3) is 0.143. The van der Waals surface area contributed by atoms with E-state index in [2.05, 4.69) is 21.4 Å². The molecule has 1 unspecified atom stereocenters. The van der Waals surface area contributed by atoms with Crippen LogP contribution in [0, 0.1) is 11.6 Å². The van der Waals surface area contributed by atoms with Crippen LogP contribution in [-0.2, 0) is 6.42 Å². The smallest absolute Gasteiger partial charge is 0.129 e. The third-order valence-electron chi connectivity index (χ3n) is 2.98. The van der Waals surface area contributed by atoms with Crippen LogP contribution in [0.2, 0.25) is 5.02 Å². The van der Waals surface area contributed by atoms with Gasteiger partial charge in [0, 0.05) is 15.1 Å². The first-order valence-corrected chi connectivity index (χ1v) is 7.03. The minimum Gasteiger partial charge on any atom is -0.271 e. The van der Waals surface area contributed by atoms with Crippen molar-refractivity contribution in [1.29, 1.82) is 0 Å². The molecule has 0 heterocycles. The highest BCUT2D eigenvalue weighted by Gasteiger charge is 2.17. The Balaban J connectivity index is 2.28. The molecule has 3 N–H and O–H groups in total. The Morgan fingerprint density at radius 3 is 2.50 bits per heavy atom. The van der Waals surface area contributed by atoms with Crippen LogP contribution >= 0.6 is 27.5 Å². The maximum Gasteiger partial charge on any atom is 0.129 e. The number of halogens is 4. The van der Waals surface area contributed by atoms with Crippen molar-refractivity contribution in [2.24, 2.45) is 5.84 Å². The Kier molecular flexibility index (Phi) is 5.10. The monoisotopic (exact) mass is 360 g/mol. The molecule has 0 radical (unpaired) electrons. The molecule has 20 heavy (non-hydrogen) atoms. The molecule has 0 fully saturated rings. The second-order valence-electron chi connectivity index (χ2n) is 4.32. The lowest BCUT2D eigenvalue weighted by Gasteiger charge is -2.18. The number of hydrazine groups is 1. The molecule has 106 valence electrons. The molecule has 0 saturated carbocycles. The van der Waals surface area contributed by atoms with E-state index in [1.807, 2.05) is 0 Å². The Morgan fingerprint density at radius 2 is 1.90 bits per heavy atom. The highest BCUT2D eigenvalue weighted by atomic mass is 79.9. The molecule has 0 aliphatic carbocycles. The SMILES string of the molecule is NNC(Cc1ccc(Cl)cc1F)c1ccc(Br)cc1F. The first kappa shape index (κ1) is 15.4. The first-order chi connectivity index (χ1) is 9.51. The van der Waals surface area contributed by atoms with E-state index < -0.39 is 17.7 Å². The lowest BCUT2D eigenvalue weighted by Crippen LogP contribution is -2.30. The van der Waals surface area contributed by atoms with Crippen LogP contribution in [0.15, 0.2) is 40.9 Å². The van der Waals surface area contributed by atoms with Gasteiger partial charge in [-0.05, 0) is 36.2 Å². The normalized spacial score (nSPS) is 12.4. The quantitative estimate of drug-likeness (QED) is 0.635. The number of hydrogen-bond donors (Lipinski definition) is 2. The summed E-state index contributed by atoms with van der Waals surface area (Å²) in [5.41, 5.74) is 3.31. The molecule has 1 atom stereocenters. The molecule has 6 heteroatoms. The van der Waals surface area contributed by atoms with Crippen molar-refractivity contribution in [3.63, 3.8) is 0 Å². The van der Waals surface area contributed by atoms with E-state index in [1.165, 1.54) is 12.1 Å². The Hall–Kier alpha value is -1.01. The molecule has 2 rings (SSSR count). The zero-order valence-corrected chi connectivity index (χ0v) is 12.7. The van der Waals surface area contributed by atoms with Crippen molar-refractivity contribution in [2.45, 2.75) is 12.5 Å². The lowest BCUT2D eigenvalue weighted by atomic mass is 9.98. The summed E-state index contributed by atoms with van der Waals surface area (Å²) in [7, 11) is 0. The maximum atomic E-state index is 13.9. The van der Waals surface area contributed by atoms with Gasteiger partial charge in [0.05, 0.1) is 6.04 Å². The Morgan fingerprint density at radius 1 is 1.15 bits per heavy atom. The second kappa shape index (κ2) is 6.63. The van der Waals surface area contributed by atoms with E-state index in [0.717, 1.165) is 0 Å². The molecule has 2 aromatic carbocycles. The number of nitrogens with two attached hydrogens (primary N) is 1. The van der Waals surface area contributed by atoms with Crippen LogP contribution < -0.4 is 11.3 Å². The zero-order valence-electron chi connectivity index (χ0n) is 10.3. The van der Waals surface area contributed by atoms with Gasteiger partial charge in [-0.2, -0.15) is 0 Å². The van der Waals surface area contributed by atoms with Crippen LogP contribution in [0.25, 0.3) is 0 Å². The largest absolute Gasteiger partial charge is 0.271 e. The van der Waals surface area contributed by atoms with Crippen molar-refractivity contribution in [3.8, 4) is 0 Å². The van der Waals surface area contributed by atoms with Crippen molar-refractivity contribution in [1.82, 2.24) is 5.43 Å². The summed E-state index contributed by atoms with van der Waals surface area (Å²) in [6, 6.07) is 8.52. The average Bonchev–Trinajstić information content (AvgIpc) is 2.39. The fourth-order valence-corrected chi connectivity index (χ4v) is 2.44. The van der Waals surface area contributed by atoms with Gasteiger partial charge in [-0.3, -0.25) is 11.3 Å². The zero-order chi connectivity index (χ0) is 14.7. The van der Waals surface area contributed by atoms with Crippen molar-refractivity contribution < 1.29 is 8.78 Å². The number of hydrogen-bond acceptors (Lipinski definition) is 2. The van der Waals surface area contributed by atoms with Gasteiger partial charge in [0.1, 0.15) is 11.6 Å². The molecule has 0 amide bonds. The van der Waals surface area contributed by atoms with Gasteiger partial charge >= 0.3 is 0 Å². The number of nitrogens with one attached hydrogen (secondary N) is 1. The van der Waals surface area contributed by atoms with Crippen molar-refractivity contribution in [2.75, 3.05) is 0 Å². The van der Waals surface area contributed by atoms with Gasteiger partial charge in [-0.25, -0.2) is 8.78 Å². The fourth-order valence-electron chi connectivity index (χ4n) is 1.95. The molecule has 2 aromatic rings. The summed E-state index contributed by atoms with van der Waals surface area (Å²) >= 11 is 8.89. The Labute approximate surface area is 129 Å². The maximum absolute atomic E-state index is 13.9. The van der Waals surface area contributed by atoms with Crippen molar-refractivity contribution >= 4 is 27.5 Å². The molecule has 0 spiro atoms. The third kappa shape index (κ3) is 3.55. The van der Waals surface area contributed by atoms with Crippen LogP contribution in [0.4, 0.5) is 8.78 Å². The molecular weight excluding hydrogens is 350 g/mol. The summed E-state index contributed by atoms with van der Waals surface area (Å²) < 4.78 is 28.3. The Bertz CT molecular complexity index is 622. The molecule has 0 bridgehead atoms. The predicted octanol–water partition coefficient (Wildman–Crippen LogP) is 4.13. The minimum absolute atomic E-state index is 0.220. The van der Waals surface area contributed by atoms with Crippen LogP contribution in [0.1, 0.15) is 17.2 Å². The minimum atomic E-state index is -0.529. The molecule has 0 aliphatic heterocycles. The van der Waals surface area contributed by atoms with E-state index in [1.54, 1.807) is 24.3 Å². The van der Waals surface area contributed by atoms with E-state index >= 15 is 0 Å². The molecule has 0 aromatic heterocycles. The second-order valence-corrected chi connectivity index (χ2v) is 5.68. The topological polar surface area (TPSA) is 38.0 Å². The molecular formula is C14H12BrClF2N2. The van der Waals surface area contributed by atoms with E-state index in [4.69, 9.17) is 17.4 Å². The summed E-state index contributed by atoms with van der Waals surface area (Å²) in [6.07, 6.45) is 0.220. The van der Waals surface area contributed by atoms with Gasteiger partial charge in [0.25, 0.3) is 0 Å². The van der Waals surface area contributed by atoms with E-state index in [9.17, 15) is 8.78 Å².